The molecule has 5 atom stereocenters. The van der Waals surface area contributed by atoms with Crippen molar-refractivity contribution in [3.63, 3.8) is 0 Å². The number of carbonyl (C=O) groups is 6. The average Bonchev–Trinajstić information content (AvgIpc) is 2.26. The lowest BCUT2D eigenvalue weighted by Crippen LogP contribution is -2.57. The number of benzene rings is 2. The van der Waals surface area contributed by atoms with Crippen molar-refractivity contribution in [1.82, 2.24) is 45.3 Å². The Morgan fingerprint density at radius 2 is 1.51 bits per heavy atom. The lowest BCUT2D eigenvalue weighted by molar-refractivity contribution is -0.274. The SMILES string of the molecule is Cc1ncsc1-c1ccc(CNC(=O)[C@@H]2C[C@@H](O)CN2C(=O)[C@@H](NC(=O)CCOCCOCCOCCC(=O)NCCCCn2cnc(-c3cnc(O[C@@H]4CCN(C(=O)Cc5ccc(OC(F)(F)F)cc5)C[C@H]4F)c(C(N)=O)c3)c2)C(C)(C)C)cc1. The Bertz CT molecular complexity index is 3070. The number of ether oxygens (including phenoxy) is 5. The van der Waals surface area contributed by atoms with Gasteiger partial charge in [0, 0.05) is 76.4 Å². The van der Waals surface area contributed by atoms with Crippen molar-refractivity contribution in [3.8, 4) is 33.3 Å². The number of alkyl halides is 4. The van der Waals surface area contributed by atoms with E-state index in [1.807, 2.05) is 56.5 Å². The quantitative estimate of drug-likeness (QED) is 0.0282. The summed E-state index contributed by atoms with van der Waals surface area (Å²) in [6.07, 6.45) is -2.11. The largest absolute Gasteiger partial charge is 0.573 e. The highest BCUT2D eigenvalue weighted by Gasteiger charge is 2.44. The van der Waals surface area contributed by atoms with Crippen molar-refractivity contribution in [3.05, 3.63) is 101 Å². The van der Waals surface area contributed by atoms with E-state index in [2.05, 4.69) is 35.6 Å². The number of aliphatic hydroxyl groups excluding tert-OH is 1. The van der Waals surface area contributed by atoms with Crippen LogP contribution in [-0.2, 0) is 57.7 Å². The molecule has 2 fully saturated rings. The predicted molar refractivity (Wildman–Crippen MR) is 307 cm³/mol. The molecule has 2 saturated heterocycles. The van der Waals surface area contributed by atoms with Gasteiger partial charge in [0.25, 0.3) is 5.91 Å². The molecule has 5 heterocycles. The van der Waals surface area contributed by atoms with E-state index in [0.29, 0.717) is 42.8 Å². The maximum absolute atomic E-state index is 15.4. The third-order valence-corrected chi connectivity index (χ3v) is 15.2. The van der Waals surface area contributed by atoms with E-state index < -0.39 is 77.5 Å². The van der Waals surface area contributed by atoms with Gasteiger partial charge >= 0.3 is 6.36 Å². The van der Waals surface area contributed by atoms with Gasteiger partial charge in [-0.2, -0.15) is 0 Å². The van der Waals surface area contributed by atoms with Crippen LogP contribution < -0.4 is 31.2 Å². The molecule has 466 valence electrons. The number of halogens is 4. The second-order valence-electron chi connectivity index (χ2n) is 21.9. The molecule has 2 aliphatic rings. The van der Waals surface area contributed by atoms with E-state index in [1.165, 1.54) is 34.2 Å². The number of rotatable bonds is 30. The van der Waals surface area contributed by atoms with Gasteiger partial charge in [0.15, 0.2) is 6.17 Å². The third kappa shape index (κ3) is 20.0. The summed E-state index contributed by atoms with van der Waals surface area (Å²) in [5.74, 6) is -3.29. The summed E-state index contributed by atoms with van der Waals surface area (Å²) in [7, 11) is 0. The number of imidazole rings is 1. The van der Waals surface area contributed by atoms with Gasteiger partial charge in [0.1, 0.15) is 29.5 Å². The highest BCUT2D eigenvalue weighted by Crippen LogP contribution is 2.31. The fourth-order valence-electron chi connectivity index (χ4n) is 9.60. The van der Waals surface area contributed by atoms with E-state index in [0.717, 1.165) is 33.8 Å². The van der Waals surface area contributed by atoms with Crippen LogP contribution in [0.15, 0.2) is 78.8 Å². The standard InChI is InChI=1S/C59H74F4N10O12S/c1-37-52(86-36-69-37)40-11-7-39(8-12-40)30-66-55(79)47-29-42(74)32-73(47)57(80)53(58(2,3)4)70-50(76)17-22-82-24-26-83-25-23-81-21-16-49(75)65-18-5-6-19-71-34-46(68-35-71)41-28-44(54(64)78)56(67-31-41)84-48-15-20-72(33-45(48)60)51(77)27-38-9-13-43(14-10-38)85-59(61,62)63/h7-14,28,31,34-36,42,45,47-48,53,74H,5-6,15-27,29-30,32-33H2,1-4H3,(H2,64,78)(H,65,75)(H,66,79)(H,70,76)/t42-,45-,47+,48-,53-/m1/s1. The zero-order valence-corrected chi connectivity index (χ0v) is 49.3. The van der Waals surface area contributed by atoms with Crippen LogP contribution in [0.1, 0.15) is 86.5 Å². The predicted octanol–water partition coefficient (Wildman–Crippen LogP) is 5.47. The van der Waals surface area contributed by atoms with Crippen LogP contribution in [0, 0.1) is 12.3 Å². The van der Waals surface area contributed by atoms with Gasteiger partial charge in [0.2, 0.25) is 35.4 Å². The van der Waals surface area contributed by atoms with E-state index >= 15 is 4.39 Å². The number of nitrogens with zero attached hydrogens (tertiary/aromatic N) is 6. The summed E-state index contributed by atoms with van der Waals surface area (Å²) >= 11 is 1.56. The number of hydrogen-bond donors (Lipinski definition) is 5. The lowest BCUT2D eigenvalue weighted by Gasteiger charge is -2.35. The number of β-amino-alcohol motifs (C(OH)–C–C–N with tert-alkyl or cyclic N) is 1. The molecular weight excluding hydrogens is 1150 g/mol. The molecule has 27 heteroatoms. The van der Waals surface area contributed by atoms with Crippen molar-refractivity contribution < 1.29 is 75.1 Å². The Kier molecular flexibility index (Phi) is 23.9. The molecule has 0 spiro atoms. The molecule has 7 rings (SSSR count). The Hall–Kier alpha value is -7.59. The highest BCUT2D eigenvalue weighted by atomic mass is 32.1. The summed E-state index contributed by atoms with van der Waals surface area (Å²) in [6, 6.07) is 12.2. The second-order valence-corrected chi connectivity index (χ2v) is 22.8. The molecule has 6 amide bonds. The van der Waals surface area contributed by atoms with Gasteiger partial charge in [-0.1, -0.05) is 57.2 Å². The van der Waals surface area contributed by atoms with Crippen LogP contribution in [-0.4, -0.2) is 173 Å². The number of hydrogen-bond acceptors (Lipinski definition) is 16. The number of piperidine rings is 1. The minimum atomic E-state index is -4.85. The molecule has 86 heavy (non-hydrogen) atoms. The molecule has 0 aliphatic carbocycles. The van der Waals surface area contributed by atoms with Crippen LogP contribution in [0.3, 0.4) is 0 Å². The minimum Gasteiger partial charge on any atom is -0.471 e. The van der Waals surface area contributed by atoms with Crippen molar-refractivity contribution in [2.45, 2.75) is 123 Å². The number of primary amides is 1. The summed E-state index contributed by atoms with van der Waals surface area (Å²) in [5.41, 5.74) is 10.9. The smallest absolute Gasteiger partial charge is 0.471 e. The van der Waals surface area contributed by atoms with Crippen molar-refractivity contribution in [2.24, 2.45) is 11.1 Å². The third-order valence-electron chi connectivity index (χ3n) is 14.2. The number of pyridine rings is 1. The number of unbranched alkanes of at least 4 members (excludes halogenated alkanes) is 1. The number of nitrogens with one attached hydrogen (secondary N) is 3. The first-order valence-electron chi connectivity index (χ1n) is 28.3. The summed E-state index contributed by atoms with van der Waals surface area (Å²) in [5, 5.41) is 19.2. The summed E-state index contributed by atoms with van der Waals surface area (Å²) in [4.78, 5) is 95.0. The number of thiazole rings is 1. The van der Waals surface area contributed by atoms with Crippen LogP contribution in [0.25, 0.3) is 21.7 Å². The van der Waals surface area contributed by atoms with Crippen molar-refractivity contribution in [2.75, 3.05) is 65.8 Å². The number of aryl methyl sites for hydroxylation is 2. The Morgan fingerprint density at radius 1 is 0.837 bits per heavy atom. The first-order valence-corrected chi connectivity index (χ1v) is 29.2. The monoisotopic (exact) mass is 1220 g/mol. The number of carbonyl (C=O) groups excluding carboxylic acids is 6. The lowest BCUT2D eigenvalue weighted by atomic mass is 9.85. The van der Waals surface area contributed by atoms with Gasteiger partial charge in [-0.25, -0.2) is 19.3 Å². The fourth-order valence-corrected chi connectivity index (χ4v) is 10.4. The highest BCUT2D eigenvalue weighted by molar-refractivity contribution is 7.13. The molecule has 22 nitrogen and oxygen atoms in total. The first-order chi connectivity index (χ1) is 41.0. The van der Waals surface area contributed by atoms with Gasteiger partial charge in [0.05, 0.1) is 86.8 Å². The molecule has 0 unspecified atom stereocenters. The van der Waals surface area contributed by atoms with E-state index in [4.69, 9.17) is 24.7 Å². The minimum absolute atomic E-state index is 0.0213. The van der Waals surface area contributed by atoms with Crippen LogP contribution in [0.2, 0.25) is 0 Å². The van der Waals surface area contributed by atoms with Crippen LogP contribution in [0.4, 0.5) is 17.6 Å². The molecule has 3 aromatic heterocycles. The Balaban J connectivity index is 0.706. The zero-order chi connectivity index (χ0) is 62.0. The van der Waals surface area contributed by atoms with Gasteiger partial charge in [-0.15, -0.1) is 24.5 Å². The van der Waals surface area contributed by atoms with Gasteiger partial charge in [-0.3, -0.25) is 28.8 Å². The number of nitrogens with two attached hydrogens (primary N) is 1. The summed E-state index contributed by atoms with van der Waals surface area (Å²) in [6.45, 7) is 9.68. The Labute approximate surface area is 499 Å². The average molecular weight is 1220 g/mol. The maximum atomic E-state index is 15.4. The van der Waals surface area contributed by atoms with E-state index in [1.54, 1.807) is 29.4 Å². The molecule has 0 bridgehead atoms. The molecule has 0 radical (unpaired) electrons. The van der Waals surface area contributed by atoms with Crippen molar-refractivity contribution in [1.29, 1.82) is 0 Å². The topological polar surface area (TPSA) is 281 Å². The van der Waals surface area contributed by atoms with E-state index in [9.17, 15) is 47.0 Å². The number of aromatic nitrogens is 4. The van der Waals surface area contributed by atoms with Gasteiger partial charge in [-0.05, 0) is 60.1 Å². The molecule has 5 aromatic rings. The number of amides is 6. The number of aliphatic hydroxyl groups is 1. The summed E-state index contributed by atoms with van der Waals surface area (Å²) < 4.78 is 81.1. The van der Waals surface area contributed by atoms with Crippen molar-refractivity contribution >= 4 is 46.8 Å². The van der Waals surface area contributed by atoms with Crippen LogP contribution in [0.5, 0.6) is 11.6 Å². The van der Waals surface area contributed by atoms with Gasteiger partial charge < -0.3 is 64.8 Å². The zero-order valence-electron chi connectivity index (χ0n) is 48.4. The molecule has 2 aliphatic heterocycles. The molecule has 2 aromatic carbocycles. The normalized spacial score (nSPS) is 17.5. The molecular formula is C59H74F4N10O12S. The maximum Gasteiger partial charge on any atom is 0.573 e. The first kappa shape index (κ1) is 65.9. The fraction of sp³-hybridized carbons (Fsp3) is 0.508. The Morgan fingerprint density at radius 3 is 2.15 bits per heavy atom. The second kappa shape index (κ2) is 31.2. The van der Waals surface area contributed by atoms with E-state index in [-0.39, 0.29) is 115 Å². The molecule has 0 saturated carbocycles. The molecule has 6 N–H and O–H groups in total. The van der Waals surface area contributed by atoms with Crippen LogP contribution >= 0.6 is 11.3 Å². The number of likely N-dealkylation sites (tertiary alicyclic amines) is 2.